The van der Waals surface area contributed by atoms with Gasteiger partial charge >= 0.3 is 0 Å². The van der Waals surface area contributed by atoms with Crippen LogP contribution in [0.4, 0.5) is 0 Å². The number of hydrogen-bond acceptors (Lipinski definition) is 7. The molecule has 5 heterocycles. The molecule has 190 valence electrons. The molecule has 2 aromatic rings. The summed E-state index contributed by atoms with van der Waals surface area (Å²) in [6.07, 6.45) is 8.33. The molecule has 1 atom stereocenters. The Morgan fingerprint density at radius 2 is 1.86 bits per heavy atom. The largest absolute Gasteiger partial charge is 0.423 e. The predicted octanol–water partition coefficient (Wildman–Crippen LogP) is 2.70. The molecule has 3 fully saturated rings. The summed E-state index contributed by atoms with van der Waals surface area (Å²) >= 11 is 0. The summed E-state index contributed by atoms with van der Waals surface area (Å²) in [6.45, 7) is 11.2. The van der Waals surface area contributed by atoms with E-state index in [-0.39, 0.29) is 29.2 Å². The van der Waals surface area contributed by atoms with Gasteiger partial charge in [-0.3, -0.25) is 19.2 Å². The third kappa shape index (κ3) is 4.85. The van der Waals surface area contributed by atoms with E-state index in [0.29, 0.717) is 37.0 Å². The standard InChI is InChI=1S/C25H37N7O3/c1-4-32-15-19(14-26-32)24(34)30-11-7-25(8-12-30)13-20(23-28-27-22(35-23)18(2)3)31(17-25)16-21(33)29-9-5-6-10-29/h14-15,18,20H,4-13,16-17H2,1-3H3. The van der Waals surface area contributed by atoms with Gasteiger partial charge in [0.1, 0.15) is 0 Å². The molecule has 3 aliphatic rings. The van der Waals surface area contributed by atoms with E-state index < -0.39 is 0 Å². The Balaban J connectivity index is 1.30. The quantitative estimate of drug-likeness (QED) is 0.623. The Morgan fingerprint density at radius 1 is 1.11 bits per heavy atom. The summed E-state index contributed by atoms with van der Waals surface area (Å²) in [4.78, 5) is 32.2. The molecule has 5 rings (SSSR count). The van der Waals surface area contributed by atoms with Crippen molar-refractivity contribution in [2.75, 3.05) is 39.3 Å². The molecule has 2 amide bonds. The maximum absolute atomic E-state index is 13.0. The van der Waals surface area contributed by atoms with Gasteiger partial charge < -0.3 is 14.2 Å². The first-order valence-electron chi connectivity index (χ1n) is 13.0. The van der Waals surface area contributed by atoms with Gasteiger partial charge in [0.15, 0.2) is 0 Å². The zero-order valence-corrected chi connectivity index (χ0v) is 21.1. The van der Waals surface area contributed by atoms with Gasteiger partial charge in [0.25, 0.3) is 5.91 Å². The molecule has 0 bridgehead atoms. The van der Waals surface area contributed by atoms with Crippen LogP contribution in [0.3, 0.4) is 0 Å². The molecule has 0 saturated carbocycles. The molecule has 2 aromatic heterocycles. The lowest BCUT2D eigenvalue weighted by Crippen LogP contribution is -2.45. The van der Waals surface area contributed by atoms with Crippen LogP contribution in [0.25, 0.3) is 0 Å². The van der Waals surface area contributed by atoms with Gasteiger partial charge in [0, 0.05) is 51.4 Å². The Hall–Kier alpha value is -2.75. The van der Waals surface area contributed by atoms with Gasteiger partial charge in [-0.15, -0.1) is 10.2 Å². The van der Waals surface area contributed by atoms with Gasteiger partial charge in [-0.25, -0.2) is 0 Å². The lowest BCUT2D eigenvalue weighted by molar-refractivity contribution is -0.131. The van der Waals surface area contributed by atoms with Gasteiger partial charge in [0.2, 0.25) is 17.7 Å². The summed E-state index contributed by atoms with van der Waals surface area (Å²) in [5, 5.41) is 12.9. The Labute approximate surface area is 206 Å². The highest BCUT2D eigenvalue weighted by Crippen LogP contribution is 2.49. The minimum absolute atomic E-state index is 0.0345. The third-order valence-electron chi connectivity index (χ3n) is 7.95. The van der Waals surface area contributed by atoms with Crippen LogP contribution in [0.15, 0.2) is 16.8 Å². The zero-order chi connectivity index (χ0) is 24.6. The van der Waals surface area contributed by atoms with Crippen molar-refractivity contribution in [3.8, 4) is 0 Å². The van der Waals surface area contributed by atoms with Crippen molar-refractivity contribution in [3.63, 3.8) is 0 Å². The summed E-state index contributed by atoms with van der Waals surface area (Å²) in [7, 11) is 0. The molecule has 1 unspecified atom stereocenters. The molecule has 0 N–H and O–H groups in total. The average Bonchev–Trinajstić information content (AvgIpc) is 3.66. The van der Waals surface area contributed by atoms with Gasteiger partial charge in [-0.1, -0.05) is 13.8 Å². The van der Waals surface area contributed by atoms with Crippen LogP contribution < -0.4 is 0 Å². The van der Waals surface area contributed by atoms with E-state index in [1.54, 1.807) is 10.9 Å². The normalized spacial score (nSPS) is 22.6. The maximum atomic E-state index is 13.0. The molecule has 10 nitrogen and oxygen atoms in total. The second-order valence-electron chi connectivity index (χ2n) is 10.7. The summed E-state index contributed by atoms with van der Waals surface area (Å²) in [5.41, 5.74) is 0.685. The van der Waals surface area contributed by atoms with Crippen LogP contribution in [0.2, 0.25) is 0 Å². The topological polar surface area (TPSA) is 101 Å². The highest BCUT2D eigenvalue weighted by atomic mass is 16.4. The smallest absolute Gasteiger partial charge is 0.257 e. The Bertz CT molecular complexity index is 1050. The fraction of sp³-hybridized carbons (Fsp3) is 0.720. The highest BCUT2D eigenvalue weighted by molar-refractivity contribution is 5.93. The zero-order valence-electron chi connectivity index (χ0n) is 21.1. The number of aromatic nitrogens is 4. The van der Waals surface area contributed by atoms with Gasteiger partial charge in [-0.2, -0.15) is 5.10 Å². The first-order valence-corrected chi connectivity index (χ1v) is 13.0. The first kappa shape index (κ1) is 24.0. The molecule has 35 heavy (non-hydrogen) atoms. The lowest BCUT2D eigenvalue weighted by Gasteiger charge is -2.39. The fourth-order valence-corrected chi connectivity index (χ4v) is 5.79. The van der Waals surface area contributed by atoms with Crippen molar-refractivity contribution >= 4 is 11.8 Å². The number of nitrogens with zero attached hydrogens (tertiary/aromatic N) is 7. The van der Waals surface area contributed by atoms with E-state index >= 15 is 0 Å². The second-order valence-corrected chi connectivity index (χ2v) is 10.7. The summed E-state index contributed by atoms with van der Waals surface area (Å²) in [5.74, 6) is 1.66. The lowest BCUT2D eigenvalue weighted by atomic mass is 9.76. The monoisotopic (exact) mass is 483 g/mol. The average molecular weight is 484 g/mol. The Morgan fingerprint density at radius 3 is 2.49 bits per heavy atom. The maximum Gasteiger partial charge on any atom is 0.257 e. The number of carbonyl (C=O) groups is 2. The van der Waals surface area contributed by atoms with Crippen LogP contribution in [-0.2, 0) is 11.3 Å². The van der Waals surface area contributed by atoms with Crippen LogP contribution in [0.1, 0.15) is 87.0 Å². The third-order valence-corrected chi connectivity index (χ3v) is 7.95. The molecule has 0 radical (unpaired) electrons. The molecular formula is C25H37N7O3. The van der Waals surface area contributed by atoms with E-state index in [0.717, 1.165) is 58.3 Å². The van der Waals surface area contributed by atoms with Crippen molar-refractivity contribution < 1.29 is 14.0 Å². The van der Waals surface area contributed by atoms with Crippen molar-refractivity contribution in [2.24, 2.45) is 5.41 Å². The van der Waals surface area contributed by atoms with E-state index in [1.165, 1.54) is 0 Å². The van der Waals surface area contributed by atoms with Crippen LogP contribution >= 0.6 is 0 Å². The molecule has 1 spiro atoms. The van der Waals surface area contributed by atoms with E-state index in [1.807, 2.05) is 36.8 Å². The van der Waals surface area contributed by atoms with Crippen LogP contribution in [0.5, 0.6) is 0 Å². The first-order chi connectivity index (χ1) is 16.9. The van der Waals surface area contributed by atoms with Crippen molar-refractivity contribution in [2.45, 2.75) is 71.4 Å². The molecule has 0 aromatic carbocycles. The molecule has 3 aliphatic heterocycles. The number of aryl methyl sites for hydroxylation is 1. The number of likely N-dealkylation sites (tertiary alicyclic amines) is 3. The van der Waals surface area contributed by atoms with Crippen LogP contribution in [0, 0.1) is 5.41 Å². The number of rotatable bonds is 6. The number of carbonyl (C=O) groups excluding carboxylic acids is 2. The second kappa shape index (κ2) is 9.72. The SMILES string of the molecule is CCn1cc(C(=O)N2CCC3(CC2)CC(c2nnc(C(C)C)o2)N(CC(=O)N2CCCC2)C3)cn1. The van der Waals surface area contributed by atoms with E-state index in [4.69, 9.17) is 4.42 Å². The fourth-order valence-electron chi connectivity index (χ4n) is 5.79. The summed E-state index contributed by atoms with van der Waals surface area (Å²) < 4.78 is 7.85. The molecular weight excluding hydrogens is 446 g/mol. The van der Waals surface area contributed by atoms with Gasteiger partial charge in [0.05, 0.1) is 24.3 Å². The minimum atomic E-state index is -0.0633. The van der Waals surface area contributed by atoms with Crippen molar-refractivity contribution in [3.05, 3.63) is 29.7 Å². The number of piperidine rings is 1. The number of amides is 2. The van der Waals surface area contributed by atoms with Gasteiger partial charge in [-0.05, 0) is 44.4 Å². The van der Waals surface area contributed by atoms with Crippen molar-refractivity contribution in [1.29, 1.82) is 0 Å². The van der Waals surface area contributed by atoms with Crippen LogP contribution in [-0.4, -0.2) is 85.8 Å². The van der Waals surface area contributed by atoms with E-state index in [9.17, 15) is 9.59 Å². The minimum Gasteiger partial charge on any atom is -0.423 e. The molecule has 0 aliphatic carbocycles. The van der Waals surface area contributed by atoms with Crippen molar-refractivity contribution in [1.82, 2.24) is 34.7 Å². The molecule has 3 saturated heterocycles. The molecule has 10 heteroatoms. The highest BCUT2D eigenvalue weighted by Gasteiger charge is 2.49. The summed E-state index contributed by atoms with van der Waals surface area (Å²) in [6, 6.07) is -0.0633. The Kier molecular flexibility index (Phi) is 6.65. The predicted molar refractivity (Wildman–Crippen MR) is 129 cm³/mol. The van der Waals surface area contributed by atoms with E-state index in [2.05, 4.69) is 20.2 Å². The number of hydrogen-bond donors (Lipinski definition) is 0.